The van der Waals surface area contributed by atoms with Gasteiger partial charge in [-0.1, -0.05) is 47.1 Å². The molecule has 0 aliphatic heterocycles. The third-order valence-corrected chi connectivity index (χ3v) is 6.71. The molecule has 0 saturated heterocycles. The van der Waals surface area contributed by atoms with E-state index in [9.17, 15) is 18.0 Å². The molecule has 1 N–H and O–H groups in total. The summed E-state index contributed by atoms with van der Waals surface area (Å²) in [5.74, 6) is -0.761. The van der Waals surface area contributed by atoms with Crippen molar-refractivity contribution in [3.8, 4) is 0 Å². The number of halogens is 1. The zero-order valence-electron chi connectivity index (χ0n) is 18.8. The van der Waals surface area contributed by atoms with E-state index in [4.69, 9.17) is 0 Å². The lowest BCUT2D eigenvalue weighted by Gasteiger charge is -2.31. The third-order valence-electron chi connectivity index (χ3n) is 5.07. The lowest BCUT2D eigenvalue weighted by molar-refractivity contribution is -0.139. The fourth-order valence-corrected chi connectivity index (χ4v) is 4.54. The fourth-order valence-electron chi connectivity index (χ4n) is 3.25. The van der Waals surface area contributed by atoms with Gasteiger partial charge in [-0.25, -0.2) is 8.42 Å². The Morgan fingerprint density at radius 2 is 1.72 bits per heavy atom. The Morgan fingerprint density at radius 3 is 2.25 bits per heavy atom. The predicted octanol–water partition coefficient (Wildman–Crippen LogP) is 3.33. The topological polar surface area (TPSA) is 86.8 Å². The van der Waals surface area contributed by atoms with Crippen molar-refractivity contribution in [1.82, 2.24) is 10.2 Å². The maximum absolute atomic E-state index is 13.4. The summed E-state index contributed by atoms with van der Waals surface area (Å²) in [6.07, 6.45) is 1.89. The van der Waals surface area contributed by atoms with Gasteiger partial charge >= 0.3 is 0 Å². The minimum atomic E-state index is -3.72. The molecule has 1 atom stereocenters. The van der Waals surface area contributed by atoms with E-state index >= 15 is 0 Å². The third kappa shape index (κ3) is 7.06. The Morgan fingerprint density at radius 1 is 1.06 bits per heavy atom. The van der Waals surface area contributed by atoms with Crippen LogP contribution in [0.1, 0.15) is 31.9 Å². The summed E-state index contributed by atoms with van der Waals surface area (Å²) in [7, 11) is -3.72. The van der Waals surface area contributed by atoms with Gasteiger partial charge in [0.25, 0.3) is 0 Å². The van der Waals surface area contributed by atoms with Crippen LogP contribution >= 0.6 is 15.9 Å². The summed E-state index contributed by atoms with van der Waals surface area (Å²) in [5.41, 5.74) is 2.29. The highest BCUT2D eigenvalue weighted by Crippen LogP contribution is 2.21. The van der Waals surface area contributed by atoms with Gasteiger partial charge in [0.1, 0.15) is 12.6 Å². The van der Waals surface area contributed by atoms with E-state index in [-0.39, 0.29) is 12.5 Å². The number of carbonyl (C=O) groups excluding carboxylic acids is 2. The molecule has 0 fully saturated rings. The van der Waals surface area contributed by atoms with Gasteiger partial charge in [-0.3, -0.25) is 13.9 Å². The van der Waals surface area contributed by atoms with Crippen molar-refractivity contribution < 1.29 is 18.0 Å². The van der Waals surface area contributed by atoms with Gasteiger partial charge in [0, 0.05) is 17.6 Å². The molecule has 2 aromatic rings. The molecule has 2 amide bonds. The van der Waals surface area contributed by atoms with Crippen LogP contribution in [0.3, 0.4) is 0 Å². The van der Waals surface area contributed by atoms with E-state index in [0.29, 0.717) is 12.2 Å². The van der Waals surface area contributed by atoms with E-state index in [1.54, 1.807) is 26.0 Å². The first-order chi connectivity index (χ1) is 15.1. The molecule has 0 heterocycles. The van der Waals surface area contributed by atoms with Gasteiger partial charge in [0.15, 0.2) is 0 Å². The molecule has 0 unspecified atom stereocenters. The number of anilines is 1. The maximum Gasteiger partial charge on any atom is 0.244 e. The van der Waals surface area contributed by atoms with Gasteiger partial charge in [0.2, 0.25) is 21.8 Å². The molecular formula is C23H30BrN3O4S. The molecule has 32 heavy (non-hydrogen) atoms. The number of hydrogen-bond acceptors (Lipinski definition) is 4. The van der Waals surface area contributed by atoms with Gasteiger partial charge in [-0.05, 0) is 55.7 Å². The lowest BCUT2D eigenvalue weighted by Crippen LogP contribution is -2.51. The summed E-state index contributed by atoms with van der Waals surface area (Å²) in [6, 6.07) is 13.7. The van der Waals surface area contributed by atoms with Crippen molar-refractivity contribution in [2.24, 2.45) is 0 Å². The molecule has 174 valence electrons. The van der Waals surface area contributed by atoms with Crippen molar-refractivity contribution in [3.63, 3.8) is 0 Å². The zero-order valence-corrected chi connectivity index (χ0v) is 21.2. The Bertz CT molecular complexity index is 1040. The molecule has 0 radical (unpaired) electrons. The molecule has 0 saturated carbocycles. The standard InChI is InChI=1S/C23H30BrN3O4S/c1-5-18-10-12-21(13-11-18)27(32(4,30)31)16-22(28)26(17(3)23(29)25-6-2)15-19-8-7-9-20(24)14-19/h7-14,17H,5-6,15-16H2,1-4H3,(H,25,29)/t17-/m0/s1. The zero-order chi connectivity index (χ0) is 23.9. The first-order valence-corrected chi connectivity index (χ1v) is 13.1. The molecule has 0 bridgehead atoms. The molecule has 9 heteroatoms. The Hall–Kier alpha value is -2.39. The van der Waals surface area contributed by atoms with Crippen molar-refractivity contribution in [2.75, 3.05) is 23.7 Å². The SMILES string of the molecule is CCNC(=O)[C@H](C)N(Cc1cccc(Br)c1)C(=O)CN(c1ccc(CC)cc1)S(C)(=O)=O. The van der Waals surface area contributed by atoms with E-state index < -0.39 is 28.5 Å². The highest BCUT2D eigenvalue weighted by atomic mass is 79.9. The average Bonchev–Trinajstić information content (AvgIpc) is 2.74. The van der Waals surface area contributed by atoms with Crippen LogP contribution in [0, 0.1) is 0 Å². The first-order valence-electron chi connectivity index (χ1n) is 10.4. The van der Waals surface area contributed by atoms with Crippen LogP contribution in [-0.2, 0) is 32.6 Å². The Balaban J connectivity index is 2.37. The smallest absolute Gasteiger partial charge is 0.244 e. The maximum atomic E-state index is 13.4. The second kappa shape index (κ2) is 11.5. The number of hydrogen-bond donors (Lipinski definition) is 1. The van der Waals surface area contributed by atoms with Crippen molar-refractivity contribution in [3.05, 3.63) is 64.1 Å². The number of amides is 2. The lowest BCUT2D eigenvalue weighted by atomic mass is 10.1. The highest BCUT2D eigenvalue weighted by Gasteiger charge is 2.29. The molecular weight excluding hydrogens is 494 g/mol. The van der Waals surface area contributed by atoms with Crippen LogP contribution in [0.15, 0.2) is 53.0 Å². The summed E-state index contributed by atoms with van der Waals surface area (Å²) in [6.45, 7) is 5.65. The number of aryl methyl sites for hydroxylation is 1. The second-order valence-electron chi connectivity index (χ2n) is 7.51. The van der Waals surface area contributed by atoms with Crippen molar-refractivity contribution in [2.45, 2.75) is 39.8 Å². The van der Waals surface area contributed by atoms with Crippen LogP contribution < -0.4 is 9.62 Å². The van der Waals surface area contributed by atoms with E-state index in [0.717, 1.165) is 32.6 Å². The van der Waals surface area contributed by atoms with Gasteiger partial charge in [0.05, 0.1) is 11.9 Å². The summed E-state index contributed by atoms with van der Waals surface area (Å²) >= 11 is 3.42. The molecule has 2 rings (SSSR count). The van der Waals surface area contributed by atoms with Crippen LogP contribution in [0.25, 0.3) is 0 Å². The van der Waals surface area contributed by atoms with Crippen LogP contribution in [-0.4, -0.2) is 50.5 Å². The largest absolute Gasteiger partial charge is 0.355 e. The highest BCUT2D eigenvalue weighted by molar-refractivity contribution is 9.10. The van der Waals surface area contributed by atoms with E-state index in [2.05, 4.69) is 21.2 Å². The first kappa shape index (κ1) is 25.9. The quantitative estimate of drug-likeness (QED) is 0.517. The summed E-state index contributed by atoms with van der Waals surface area (Å²) in [5, 5.41) is 2.73. The Labute approximate surface area is 199 Å². The Kier molecular flexibility index (Phi) is 9.27. The van der Waals surface area contributed by atoms with Crippen LogP contribution in [0.5, 0.6) is 0 Å². The number of nitrogens with one attached hydrogen (secondary N) is 1. The molecule has 0 spiro atoms. The van der Waals surface area contributed by atoms with Crippen LogP contribution in [0.2, 0.25) is 0 Å². The number of likely N-dealkylation sites (N-methyl/N-ethyl adjacent to an activating group) is 1. The fraction of sp³-hybridized carbons (Fsp3) is 0.391. The minimum Gasteiger partial charge on any atom is -0.355 e. The van der Waals surface area contributed by atoms with Gasteiger partial charge < -0.3 is 10.2 Å². The second-order valence-corrected chi connectivity index (χ2v) is 10.3. The van der Waals surface area contributed by atoms with Gasteiger partial charge in [-0.2, -0.15) is 0 Å². The molecule has 0 aliphatic carbocycles. The van der Waals surface area contributed by atoms with Gasteiger partial charge in [-0.15, -0.1) is 0 Å². The normalized spacial score (nSPS) is 12.2. The van der Waals surface area contributed by atoms with Crippen LogP contribution in [0.4, 0.5) is 5.69 Å². The molecule has 0 aliphatic rings. The van der Waals surface area contributed by atoms with Crippen molar-refractivity contribution in [1.29, 1.82) is 0 Å². The molecule has 7 nitrogen and oxygen atoms in total. The number of rotatable bonds is 10. The number of nitrogens with zero attached hydrogens (tertiary/aromatic N) is 2. The predicted molar refractivity (Wildman–Crippen MR) is 131 cm³/mol. The molecule has 2 aromatic carbocycles. The number of carbonyl (C=O) groups is 2. The molecule has 0 aromatic heterocycles. The number of sulfonamides is 1. The summed E-state index contributed by atoms with van der Waals surface area (Å²) in [4.78, 5) is 27.3. The monoisotopic (exact) mass is 523 g/mol. The minimum absolute atomic E-state index is 0.170. The summed E-state index contributed by atoms with van der Waals surface area (Å²) < 4.78 is 27.0. The van der Waals surface area contributed by atoms with E-state index in [1.807, 2.05) is 43.3 Å². The number of benzene rings is 2. The van der Waals surface area contributed by atoms with E-state index in [1.165, 1.54) is 4.90 Å². The van der Waals surface area contributed by atoms with Crippen molar-refractivity contribution >= 4 is 43.5 Å². The average molecular weight is 524 g/mol.